The molecule has 0 aliphatic heterocycles. The molecule has 3 N–H and O–H groups in total. The van der Waals surface area contributed by atoms with Gasteiger partial charge in [0.05, 0.1) is 10.3 Å². The maximum atomic E-state index is 11.4. The van der Waals surface area contributed by atoms with Gasteiger partial charge >= 0.3 is 0 Å². The van der Waals surface area contributed by atoms with E-state index in [4.69, 9.17) is 15.1 Å². The number of benzene rings is 2. The maximum absolute atomic E-state index is 11.4. The molecule has 158 valence electrons. The summed E-state index contributed by atoms with van der Waals surface area (Å²) in [7, 11) is -3.67. The van der Waals surface area contributed by atoms with Crippen LogP contribution in [0.2, 0.25) is 0 Å². The van der Waals surface area contributed by atoms with E-state index in [0.717, 1.165) is 57.8 Å². The first kappa shape index (κ1) is 20.1. The molecule has 2 aromatic heterocycles. The third-order valence-corrected chi connectivity index (χ3v) is 7.24. The summed E-state index contributed by atoms with van der Waals surface area (Å²) in [5.41, 5.74) is 3.32. The minimum absolute atomic E-state index is 0.126. The second kappa shape index (κ2) is 8.03. The number of hydrogen-bond acceptors (Lipinski definition) is 6. The van der Waals surface area contributed by atoms with Crippen molar-refractivity contribution in [3.63, 3.8) is 0 Å². The van der Waals surface area contributed by atoms with Crippen LogP contribution in [0.3, 0.4) is 0 Å². The summed E-state index contributed by atoms with van der Waals surface area (Å²) in [4.78, 5) is 10.9. The molecule has 4 aromatic rings. The number of aromatic nitrogens is 2. The van der Waals surface area contributed by atoms with Crippen LogP contribution in [0.5, 0.6) is 0 Å². The molecule has 8 heteroatoms. The minimum atomic E-state index is -3.67. The van der Waals surface area contributed by atoms with Crippen LogP contribution >= 0.6 is 11.3 Å². The zero-order valence-corrected chi connectivity index (χ0v) is 18.4. The Bertz CT molecular complexity index is 1330. The van der Waals surface area contributed by atoms with Crippen LogP contribution < -0.4 is 10.5 Å². The molecule has 1 aliphatic carbocycles. The molecule has 0 radical (unpaired) electrons. The summed E-state index contributed by atoms with van der Waals surface area (Å²) >= 11 is 1.66. The van der Waals surface area contributed by atoms with Crippen molar-refractivity contribution in [3.8, 4) is 11.1 Å². The summed E-state index contributed by atoms with van der Waals surface area (Å²) in [5.74, 6) is 2.26. The average Bonchev–Trinajstić information content (AvgIpc) is 3.53. The number of nitrogens with two attached hydrogens (primary N) is 1. The van der Waals surface area contributed by atoms with E-state index in [0.29, 0.717) is 12.5 Å². The van der Waals surface area contributed by atoms with Crippen LogP contribution in [0.15, 0.2) is 64.9 Å². The number of fused-ring (bicyclic) bond motifs is 1. The van der Waals surface area contributed by atoms with Gasteiger partial charge in [-0.15, -0.1) is 11.3 Å². The molecule has 6 nitrogen and oxygen atoms in total. The van der Waals surface area contributed by atoms with E-state index >= 15 is 0 Å². The van der Waals surface area contributed by atoms with Crippen molar-refractivity contribution in [2.75, 3.05) is 11.9 Å². The van der Waals surface area contributed by atoms with Gasteiger partial charge in [0.25, 0.3) is 0 Å². The van der Waals surface area contributed by atoms with Gasteiger partial charge < -0.3 is 5.32 Å². The van der Waals surface area contributed by atoms with Crippen molar-refractivity contribution in [3.05, 3.63) is 71.4 Å². The first-order valence-corrected chi connectivity index (χ1v) is 12.6. The first-order chi connectivity index (χ1) is 15.0. The van der Waals surface area contributed by atoms with Gasteiger partial charge in [-0.2, -0.15) is 0 Å². The van der Waals surface area contributed by atoms with Crippen molar-refractivity contribution < 1.29 is 8.42 Å². The quantitative estimate of drug-likeness (QED) is 0.431. The Morgan fingerprint density at radius 3 is 2.45 bits per heavy atom. The first-order valence-electron chi connectivity index (χ1n) is 10.2. The molecule has 0 atom stereocenters. The predicted octanol–water partition coefficient (Wildman–Crippen LogP) is 4.54. The number of hydrogen-bond donors (Lipinski definition) is 2. The Morgan fingerprint density at radius 2 is 1.77 bits per heavy atom. The maximum Gasteiger partial charge on any atom is 0.238 e. The van der Waals surface area contributed by atoms with Crippen molar-refractivity contribution in [1.82, 2.24) is 9.97 Å². The van der Waals surface area contributed by atoms with Gasteiger partial charge in [-0.1, -0.05) is 42.5 Å². The molecule has 0 amide bonds. The van der Waals surface area contributed by atoms with Gasteiger partial charge in [0.2, 0.25) is 10.0 Å². The molecular formula is C23H22N4O2S2. The highest BCUT2D eigenvalue weighted by atomic mass is 32.2. The molecule has 5 rings (SSSR count). The Balaban J connectivity index is 1.42. The van der Waals surface area contributed by atoms with Gasteiger partial charge in [0.1, 0.15) is 16.5 Å². The number of nitrogens with one attached hydrogen (secondary N) is 1. The number of sulfonamides is 1. The molecule has 2 aromatic carbocycles. The van der Waals surface area contributed by atoms with Gasteiger partial charge in [-0.25, -0.2) is 23.5 Å². The lowest BCUT2D eigenvalue weighted by atomic mass is 10.1. The zero-order valence-electron chi connectivity index (χ0n) is 16.8. The van der Waals surface area contributed by atoms with E-state index in [1.165, 1.54) is 0 Å². The second-order valence-corrected chi connectivity index (χ2v) is 10.2. The highest BCUT2D eigenvalue weighted by Gasteiger charge is 2.28. The summed E-state index contributed by atoms with van der Waals surface area (Å²) in [6.45, 7) is 0.676. The highest BCUT2D eigenvalue weighted by molar-refractivity contribution is 7.89. The molecule has 1 aliphatic rings. The van der Waals surface area contributed by atoms with E-state index in [1.807, 2.05) is 18.2 Å². The van der Waals surface area contributed by atoms with E-state index in [-0.39, 0.29) is 4.90 Å². The lowest BCUT2D eigenvalue weighted by Gasteiger charge is -2.11. The molecule has 0 unspecified atom stereocenters. The summed E-state index contributed by atoms with van der Waals surface area (Å²) in [6, 6.07) is 17.0. The van der Waals surface area contributed by atoms with Crippen molar-refractivity contribution in [2.24, 2.45) is 5.14 Å². The Morgan fingerprint density at radius 1 is 1.03 bits per heavy atom. The van der Waals surface area contributed by atoms with Crippen LogP contribution in [-0.2, 0) is 16.4 Å². The van der Waals surface area contributed by atoms with Gasteiger partial charge in [0, 0.05) is 23.4 Å². The van der Waals surface area contributed by atoms with Crippen LogP contribution in [0.25, 0.3) is 21.3 Å². The normalized spacial score (nSPS) is 14.1. The topological polar surface area (TPSA) is 98.0 Å². The fourth-order valence-corrected chi connectivity index (χ4v) is 5.08. The van der Waals surface area contributed by atoms with Crippen LogP contribution in [0.4, 0.5) is 5.82 Å². The Labute approximate surface area is 185 Å². The largest absolute Gasteiger partial charge is 0.369 e. The number of thiophene rings is 1. The lowest BCUT2D eigenvalue weighted by molar-refractivity contribution is 0.598. The van der Waals surface area contributed by atoms with E-state index in [1.54, 1.807) is 35.6 Å². The average molecular weight is 451 g/mol. The monoisotopic (exact) mass is 450 g/mol. The summed E-state index contributed by atoms with van der Waals surface area (Å²) < 4.78 is 22.9. The predicted molar refractivity (Wildman–Crippen MR) is 125 cm³/mol. The fourth-order valence-electron chi connectivity index (χ4n) is 3.61. The highest BCUT2D eigenvalue weighted by Crippen LogP contribution is 2.42. The van der Waals surface area contributed by atoms with E-state index in [9.17, 15) is 8.42 Å². The molecule has 2 heterocycles. The molecule has 1 fully saturated rings. The number of anilines is 1. The summed E-state index contributed by atoms with van der Waals surface area (Å²) in [5, 5.41) is 11.9. The van der Waals surface area contributed by atoms with Crippen LogP contribution in [0, 0.1) is 0 Å². The molecular weight excluding hydrogens is 428 g/mol. The SMILES string of the molecule is NS(=O)(=O)c1ccc(CCNc2nc(C3CC3)nc3scc(-c4ccccc4)c23)cc1. The molecule has 0 bridgehead atoms. The molecule has 1 saturated carbocycles. The summed E-state index contributed by atoms with van der Waals surface area (Å²) in [6.07, 6.45) is 3.04. The van der Waals surface area contributed by atoms with Crippen LogP contribution in [0.1, 0.15) is 30.1 Å². The van der Waals surface area contributed by atoms with Crippen molar-refractivity contribution >= 4 is 37.4 Å². The number of primary sulfonamides is 1. The fraction of sp³-hybridized carbons (Fsp3) is 0.217. The Hall–Kier alpha value is -2.81. The number of rotatable bonds is 7. The standard InChI is InChI=1S/C23H22N4O2S2/c24-31(28,29)18-10-6-15(7-11-18)12-13-25-22-20-19(16-4-2-1-3-5-16)14-30-23(20)27-21(26-22)17-8-9-17/h1-7,10-11,14,17H,8-9,12-13H2,(H2,24,28,29)(H,25,26,27). The van der Waals surface area contributed by atoms with Gasteiger partial charge in [0.15, 0.2) is 0 Å². The lowest BCUT2D eigenvalue weighted by Crippen LogP contribution is -2.12. The van der Waals surface area contributed by atoms with E-state index < -0.39 is 10.0 Å². The molecule has 0 saturated heterocycles. The van der Waals surface area contributed by atoms with Gasteiger partial charge in [-0.05, 0) is 42.5 Å². The second-order valence-electron chi connectivity index (χ2n) is 7.77. The third-order valence-electron chi connectivity index (χ3n) is 5.44. The Kier molecular flexibility index (Phi) is 5.21. The third kappa shape index (κ3) is 4.32. The molecule has 0 spiro atoms. The van der Waals surface area contributed by atoms with Crippen molar-refractivity contribution in [2.45, 2.75) is 30.1 Å². The van der Waals surface area contributed by atoms with Gasteiger partial charge in [-0.3, -0.25) is 0 Å². The van der Waals surface area contributed by atoms with E-state index in [2.05, 4.69) is 22.8 Å². The zero-order chi connectivity index (χ0) is 21.4. The van der Waals surface area contributed by atoms with Crippen LogP contribution in [-0.4, -0.2) is 24.9 Å². The molecule has 31 heavy (non-hydrogen) atoms. The van der Waals surface area contributed by atoms with Crippen molar-refractivity contribution in [1.29, 1.82) is 0 Å². The minimum Gasteiger partial charge on any atom is -0.369 e. The number of nitrogens with zero attached hydrogens (tertiary/aromatic N) is 2. The smallest absolute Gasteiger partial charge is 0.238 e.